The van der Waals surface area contributed by atoms with E-state index < -0.39 is 0 Å². The predicted octanol–water partition coefficient (Wildman–Crippen LogP) is 3.05. The van der Waals surface area contributed by atoms with Gasteiger partial charge in [-0.1, -0.05) is 20.3 Å². The third-order valence-corrected chi connectivity index (χ3v) is 2.75. The van der Waals surface area contributed by atoms with Gasteiger partial charge in [0.05, 0.1) is 11.2 Å². The van der Waals surface area contributed by atoms with Gasteiger partial charge in [0.15, 0.2) is 0 Å². The summed E-state index contributed by atoms with van der Waals surface area (Å²) in [7, 11) is 0. The molecule has 1 rings (SSSR count). The summed E-state index contributed by atoms with van der Waals surface area (Å²) in [6.45, 7) is 4.40. The first-order valence-corrected chi connectivity index (χ1v) is 5.17. The molecule has 62 valence electrons. The molecule has 0 unspecified atom stereocenters. The fraction of sp³-hybridized carbons (Fsp3) is 0.667. The normalized spacial score (nSPS) is 10.4. The van der Waals surface area contributed by atoms with Crippen molar-refractivity contribution in [2.45, 2.75) is 39.5 Å². The van der Waals surface area contributed by atoms with E-state index in [4.69, 9.17) is 0 Å². The standard InChI is InChI=1S/C9H15NS/c1-3-5-6-9-8(4-2)10-7-11-9/h7H,3-6H2,1-2H3. The zero-order valence-corrected chi connectivity index (χ0v) is 8.08. The SMILES string of the molecule is CCCCc1scnc1CC. The van der Waals surface area contributed by atoms with Gasteiger partial charge in [0.25, 0.3) is 0 Å². The quantitative estimate of drug-likeness (QED) is 0.675. The van der Waals surface area contributed by atoms with Crippen LogP contribution in [-0.4, -0.2) is 4.98 Å². The number of thiazole rings is 1. The van der Waals surface area contributed by atoms with Gasteiger partial charge in [0.2, 0.25) is 0 Å². The van der Waals surface area contributed by atoms with E-state index in [1.54, 1.807) is 11.3 Å². The number of unbranched alkanes of at least 4 members (excludes halogenated alkanes) is 1. The zero-order chi connectivity index (χ0) is 8.10. The molecule has 1 nitrogen and oxygen atoms in total. The van der Waals surface area contributed by atoms with Crippen LogP contribution in [0.1, 0.15) is 37.3 Å². The third-order valence-electron chi connectivity index (χ3n) is 1.82. The summed E-state index contributed by atoms with van der Waals surface area (Å²) in [5.74, 6) is 0. The van der Waals surface area contributed by atoms with Crippen LogP contribution in [0.5, 0.6) is 0 Å². The minimum atomic E-state index is 1.09. The molecule has 0 saturated heterocycles. The second-order valence-corrected chi connectivity index (χ2v) is 3.62. The van der Waals surface area contributed by atoms with Gasteiger partial charge in [0, 0.05) is 4.88 Å². The van der Waals surface area contributed by atoms with Crippen LogP contribution in [0.2, 0.25) is 0 Å². The van der Waals surface area contributed by atoms with Gasteiger partial charge in [0.1, 0.15) is 0 Å². The van der Waals surface area contributed by atoms with E-state index in [0.717, 1.165) is 6.42 Å². The molecule has 0 atom stereocenters. The van der Waals surface area contributed by atoms with Crippen molar-refractivity contribution in [3.63, 3.8) is 0 Å². The number of aromatic nitrogens is 1. The fourth-order valence-corrected chi connectivity index (χ4v) is 2.03. The Morgan fingerprint density at radius 3 is 2.91 bits per heavy atom. The topological polar surface area (TPSA) is 12.9 Å². The summed E-state index contributed by atoms with van der Waals surface area (Å²) < 4.78 is 0. The van der Waals surface area contributed by atoms with Gasteiger partial charge in [-0.05, 0) is 19.3 Å². The van der Waals surface area contributed by atoms with Crippen molar-refractivity contribution in [3.8, 4) is 0 Å². The molecule has 0 radical (unpaired) electrons. The van der Waals surface area contributed by atoms with E-state index >= 15 is 0 Å². The van der Waals surface area contributed by atoms with Gasteiger partial charge in [-0.15, -0.1) is 11.3 Å². The van der Waals surface area contributed by atoms with Crippen LogP contribution in [0.3, 0.4) is 0 Å². The van der Waals surface area contributed by atoms with Crippen molar-refractivity contribution in [3.05, 3.63) is 16.1 Å². The molecule has 0 aliphatic rings. The lowest BCUT2D eigenvalue weighted by molar-refractivity contribution is 0.794. The molecule has 1 aromatic heterocycles. The molecule has 0 amide bonds. The maximum Gasteiger partial charge on any atom is 0.0797 e. The summed E-state index contributed by atoms with van der Waals surface area (Å²) >= 11 is 1.80. The Labute approximate surface area is 72.5 Å². The Morgan fingerprint density at radius 1 is 1.45 bits per heavy atom. The average molecular weight is 169 g/mol. The first-order chi connectivity index (χ1) is 5.38. The van der Waals surface area contributed by atoms with Crippen LogP contribution >= 0.6 is 11.3 Å². The Kier molecular flexibility index (Phi) is 3.57. The highest BCUT2D eigenvalue weighted by molar-refractivity contribution is 7.09. The molecular weight excluding hydrogens is 154 g/mol. The van der Waals surface area contributed by atoms with Crippen molar-refractivity contribution < 1.29 is 0 Å². The number of aryl methyl sites for hydroxylation is 2. The van der Waals surface area contributed by atoms with Crippen LogP contribution < -0.4 is 0 Å². The molecule has 0 bridgehead atoms. The van der Waals surface area contributed by atoms with E-state index in [9.17, 15) is 0 Å². The lowest BCUT2D eigenvalue weighted by Crippen LogP contribution is -1.87. The van der Waals surface area contributed by atoms with E-state index in [2.05, 4.69) is 18.8 Å². The van der Waals surface area contributed by atoms with Gasteiger partial charge in [-0.3, -0.25) is 0 Å². The van der Waals surface area contributed by atoms with E-state index in [0.29, 0.717) is 0 Å². The fourth-order valence-electron chi connectivity index (χ4n) is 1.12. The number of rotatable bonds is 4. The van der Waals surface area contributed by atoms with E-state index in [1.807, 2.05) is 5.51 Å². The molecule has 0 saturated carbocycles. The van der Waals surface area contributed by atoms with E-state index in [1.165, 1.54) is 29.8 Å². The highest BCUT2D eigenvalue weighted by Crippen LogP contribution is 2.16. The van der Waals surface area contributed by atoms with Crippen LogP contribution in [0, 0.1) is 0 Å². The summed E-state index contributed by atoms with van der Waals surface area (Å²) in [5.41, 5.74) is 3.27. The Hall–Kier alpha value is -0.370. The molecule has 0 aliphatic carbocycles. The second-order valence-electron chi connectivity index (χ2n) is 2.68. The second kappa shape index (κ2) is 4.50. The van der Waals surface area contributed by atoms with Gasteiger partial charge < -0.3 is 0 Å². The molecule has 1 heterocycles. The molecule has 0 spiro atoms. The highest BCUT2D eigenvalue weighted by Gasteiger charge is 2.01. The molecular formula is C9H15NS. The van der Waals surface area contributed by atoms with E-state index in [-0.39, 0.29) is 0 Å². The third kappa shape index (κ3) is 2.29. The van der Waals surface area contributed by atoms with Crippen LogP contribution in [0.4, 0.5) is 0 Å². The molecule has 0 N–H and O–H groups in total. The number of nitrogens with zero attached hydrogens (tertiary/aromatic N) is 1. The average Bonchev–Trinajstić information content (AvgIpc) is 2.47. The summed E-state index contributed by atoms with van der Waals surface area (Å²) in [4.78, 5) is 5.80. The molecule has 11 heavy (non-hydrogen) atoms. The van der Waals surface area contributed by atoms with Gasteiger partial charge in [-0.2, -0.15) is 0 Å². The molecule has 2 heteroatoms. The van der Waals surface area contributed by atoms with Crippen molar-refractivity contribution in [2.24, 2.45) is 0 Å². The van der Waals surface area contributed by atoms with Crippen molar-refractivity contribution in [2.75, 3.05) is 0 Å². The Balaban J connectivity index is 2.54. The largest absolute Gasteiger partial charge is 0.249 e. The monoisotopic (exact) mass is 169 g/mol. The lowest BCUT2D eigenvalue weighted by Gasteiger charge is -1.96. The first-order valence-electron chi connectivity index (χ1n) is 4.29. The number of hydrogen-bond donors (Lipinski definition) is 0. The zero-order valence-electron chi connectivity index (χ0n) is 7.26. The van der Waals surface area contributed by atoms with Crippen LogP contribution in [-0.2, 0) is 12.8 Å². The van der Waals surface area contributed by atoms with Crippen molar-refractivity contribution >= 4 is 11.3 Å². The molecule has 0 fully saturated rings. The minimum absolute atomic E-state index is 1.09. The number of hydrogen-bond acceptors (Lipinski definition) is 2. The maximum atomic E-state index is 4.31. The molecule has 0 aliphatic heterocycles. The van der Waals surface area contributed by atoms with Crippen molar-refractivity contribution in [1.82, 2.24) is 4.98 Å². The Bertz CT molecular complexity index is 205. The maximum absolute atomic E-state index is 4.31. The first kappa shape index (κ1) is 8.72. The van der Waals surface area contributed by atoms with Crippen molar-refractivity contribution in [1.29, 1.82) is 0 Å². The minimum Gasteiger partial charge on any atom is -0.249 e. The van der Waals surface area contributed by atoms with Gasteiger partial charge >= 0.3 is 0 Å². The summed E-state index contributed by atoms with van der Waals surface area (Å²) in [5, 5.41) is 0. The van der Waals surface area contributed by atoms with Crippen LogP contribution in [0.25, 0.3) is 0 Å². The molecule has 1 aromatic rings. The van der Waals surface area contributed by atoms with Gasteiger partial charge in [-0.25, -0.2) is 4.98 Å². The smallest absolute Gasteiger partial charge is 0.0797 e. The predicted molar refractivity (Wildman–Crippen MR) is 50.1 cm³/mol. The lowest BCUT2D eigenvalue weighted by atomic mass is 10.2. The summed E-state index contributed by atoms with van der Waals surface area (Å²) in [6.07, 6.45) is 4.89. The Morgan fingerprint density at radius 2 is 2.27 bits per heavy atom. The molecule has 0 aromatic carbocycles. The van der Waals surface area contributed by atoms with Crippen LogP contribution in [0.15, 0.2) is 5.51 Å². The summed E-state index contributed by atoms with van der Waals surface area (Å²) in [6, 6.07) is 0. The highest BCUT2D eigenvalue weighted by atomic mass is 32.1.